The molecule has 1 fully saturated rings. The molecule has 1 amide bonds. The number of carbonyl (C=O) groups excluding carboxylic acids is 1. The van der Waals surface area contributed by atoms with Crippen molar-refractivity contribution in [1.29, 1.82) is 0 Å². The maximum Gasteiger partial charge on any atom is 0.303 e. The van der Waals surface area contributed by atoms with Crippen LogP contribution < -0.4 is 5.32 Å². The second kappa shape index (κ2) is 8.15. The lowest BCUT2D eigenvalue weighted by molar-refractivity contribution is -0.137. The minimum absolute atomic E-state index is 0.105. The molecule has 2 aromatic rings. The first-order valence-electron chi connectivity index (χ1n) is 9.13. The number of unbranched alkanes of at least 4 members (excludes halogenated alkanes) is 3. The van der Waals surface area contributed by atoms with E-state index in [9.17, 15) is 9.59 Å². The summed E-state index contributed by atoms with van der Waals surface area (Å²) in [4.78, 5) is 22.7. The van der Waals surface area contributed by atoms with Crippen molar-refractivity contribution in [3.8, 4) is 0 Å². The third kappa shape index (κ3) is 4.81. The molecule has 0 bridgehead atoms. The fraction of sp³-hybridized carbons (Fsp3) is 0.429. The monoisotopic (exact) mass is 339 g/mol. The van der Waals surface area contributed by atoms with Crippen LogP contribution in [0.5, 0.6) is 0 Å². The van der Waals surface area contributed by atoms with Crippen molar-refractivity contribution < 1.29 is 14.7 Å². The number of rotatable bonds is 9. The van der Waals surface area contributed by atoms with Crippen LogP contribution in [-0.2, 0) is 9.59 Å². The molecule has 0 aliphatic heterocycles. The number of benzene rings is 2. The second-order valence-electron chi connectivity index (χ2n) is 6.90. The van der Waals surface area contributed by atoms with Crippen LogP contribution in [-0.4, -0.2) is 23.5 Å². The predicted octanol–water partition coefficient (Wildman–Crippen LogP) is 4.09. The summed E-state index contributed by atoms with van der Waals surface area (Å²) in [6.07, 6.45) is 4.68. The molecule has 2 aromatic carbocycles. The number of carbonyl (C=O) groups is 2. The van der Waals surface area contributed by atoms with Crippen LogP contribution in [0.15, 0.2) is 42.5 Å². The van der Waals surface area contributed by atoms with Gasteiger partial charge in [0.25, 0.3) is 0 Å². The first kappa shape index (κ1) is 17.5. The summed E-state index contributed by atoms with van der Waals surface area (Å²) in [5.41, 5.74) is 1.26. The lowest BCUT2D eigenvalue weighted by atomic mass is 10.0. The zero-order chi connectivity index (χ0) is 17.6. The Kier molecular flexibility index (Phi) is 5.69. The first-order chi connectivity index (χ1) is 12.1. The number of hydrogen-bond acceptors (Lipinski definition) is 2. The number of amides is 1. The van der Waals surface area contributed by atoms with Crippen LogP contribution in [0.25, 0.3) is 10.8 Å². The Balaban J connectivity index is 1.39. The molecule has 1 saturated carbocycles. The van der Waals surface area contributed by atoms with Gasteiger partial charge in [-0.2, -0.15) is 0 Å². The van der Waals surface area contributed by atoms with Crippen molar-refractivity contribution >= 4 is 22.6 Å². The van der Waals surface area contributed by atoms with Crippen molar-refractivity contribution in [2.24, 2.45) is 5.92 Å². The van der Waals surface area contributed by atoms with Gasteiger partial charge in [0, 0.05) is 18.9 Å². The van der Waals surface area contributed by atoms with Crippen LogP contribution >= 0.6 is 0 Å². The molecule has 3 rings (SSSR count). The summed E-state index contributed by atoms with van der Waals surface area (Å²) in [5.74, 6) is -0.126. The molecule has 0 radical (unpaired) electrons. The average molecular weight is 339 g/mol. The highest BCUT2D eigenvalue weighted by atomic mass is 16.4. The van der Waals surface area contributed by atoms with Crippen molar-refractivity contribution in [2.45, 2.75) is 44.4 Å². The van der Waals surface area contributed by atoms with Gasteiger partial charge in [0.2, 0.25) is 5.91 Å². The SMILES string of the molecule is O=C(O)CCCCCCNC(=O)C1CC1c1ccc2ccccc2c1. The molecule has 25 heavy (non-hydrogen) atoms. The average Bonchev–Trinajstić information content (AvgIpc) is 3.41. The van der Waals surface area contributed by atoms with Gasteiger partial charge in [0.1, 0.15) is 0 Å². The van der Waals surface area contributed by atoms with Gasteiger partial charge in [-0.25, -0.2) is 0 Å². The molecule has 1 aliphatic rings. The maximum atomic E-state index is 12.2. The standard InChI is InChI=1S/C21H25NO3/c23-20(24)9-3-1-2-6-12-22-21(25)19-14-18(19)17-11-10-15-7-4-5-8-16(15)13-17/h4-5,7-8,10-11,13,18-19H,1-3,6,9,12,14H2,(H,22,25)(H,23,24). The summed E-state index contributed by atoms with van der Waals surface area (Å²) in [6, 6.07) is 14.8. The number of hydrogen-bond donors (Lipinski definition) is 2. The quantitative estimate of drug-likeness (QED) is 0.676. The predicted molar refractivity (Wildman–Crippen MR) is 98.5 cm³/mol. The van der Waals surface area contributed by atoms with E-state index in [2.05, 4.69) is 35.6 Å². The molecule has 0 aromatic heterocycles. The smallest absolute Gasteiger partial charge is 0.303 e. The van der Waals surface area contributed by atoms with E-state index in [0.29, 0.717) is 12.5 Å². The van der Waals surface area contributed by atoms with Crippen LogP contribution in [0.3, 0.4) is 0 Å². The van der Waals surface area contributed by atoms with E-state index in [1.165, 1.54) is 16.3 Å². The Morgan fingerprint density at radius 1 is 1.00 bits per heavy atom. The van der Waals surface area contributed by atoms with Crippen LogP contribution in [0.2, 0.25) is 0 Å². The number of carboxylic acid groups (broad SMARTS) is 1. The van der Waals surface area contributed by atoms with Crippen molar-refractivity contribution in [2.75, 3.05) is 6.54 Å². The highest BCUT2D eigenvalue weighted by Gasteiger charge is 2.43. The van der Waals surface area contributed by atoms with Crippen LogP contribution in [0.4, 0.5) is 0 Å². The number of fused-ring (bicyclic) bond motifs is 1. The fourth-order valence-corrected chi connectivity index (χ4v) is 3.39. The molecule has 2 N–H and O–H groups in total. The minimum Gasteiger partial charge on any atom is -0.481 e. The Hall–Kier alpha value is -2.36. The zero-order valence-electron chi connectivity index (χ0n) is 14.4. The van der Waals surface area contributed by atoms with Gasteiger partial charge in [-0.05, 0) is 41.5 Å². The van der Waals surface area contributed by atoms with Crippen molar-refractivity contribution in [3.63, 3.8) is 0 Å². The van der Waals surface area contributed by atoms with Gasteiger partial charge < -0.3 is 10.4 Å². The fourth-order valence-electron chi connectivity index (χ4n) is 3.39. The Morgan fingerprint density at radius 2 is 1.76 bits per heavy atom. The molecule has 4 heteroatoms. The van der Waals surface area contributed by atoms with E-state index in [4.69, 9.17) is 5.11 Å². The molecule has 1 aliphatic carbocycles. The van der Waals surface area contributed by atoms with Crippen molar-refractivity contribution in [1.82, 2.24) is 5.32 Å². The molecule has 0 spiro atoms. The van der Waals surface area contributed by atoms with Crippen LogP contribution in [0, 0.1) is 5.92 Å². The molecule has 2 unspecified atom stereocenters. The number of nitrogens with one attached hydrogen (secondary N) is 1. The van der Waals surface area contributed by atoms with Crippen LogP contribution in [0.1, 0.15) is 50.0 Å². The third-order valence-electron chi connectivity index (χ3n) is 4.95. The summed E-state index contributed by atoms with van der Waals surface area (Å²) in [5, 5.41) is 14.1. The van der Waals surface area contributed by atoms with E-state index in [1.807, 2.05) is 12.1 Å². The number of carboxylic acids is 1. The van der Waals surface area contributed by atoms with E-state index in [0.717, 1.165) is 32.1 Å². The van der Waals surface area contributed by atoms with Gasteiger partial charge in [0.15, 0.2) is 0 Å². The van der Waals surface area contributed by atoms with Gasteiger partial charge in [-0.1, -0.05) is 55.3 Å². The van der Waals surface area contributed by atoms with E-state index in [1.54, 1.807) is 0 Å². The highest BCUT2D eigenvalue weighted by molar-refractivity contribution is 5.85. The zero-order valence-corrected chi connectivity index (χ0v) is 14.4. The summed E-state index contributed by atoms with van der Waals surface area (Å²) in [7, 11) is 0. The molecule has 132 valence electrons. The first-order valence-corrected chi connectivity index (χ1v) is 9.13. The second-order valence-corrected chi connectivity index (χ2v) is 6.90. The van der Waals surface area contributed by atoms with E-state index >= 15 is 0 Å². The maximum absolute atomic E-state index is 12.2. The Bertz CT molecular complexity index is 756. The van der Waals surface area contributed by atoms with Gasteiger partial charge in [-0.3, -0.25) is 9.59 Å². The molecular weight excluding hydrogens is 314 g/mol. The summed E-state index contributed by atoms with van der Waals surface area (Å²) >= 11 is 0. The van der Waals surface area contributed by atoms with E-state index < -0.39 is 5.97 Å². The topological polar surface area (TPSA) is 66.4 Å². The lowest BCUT2D eigenvalue weighted by Gasteiger charge is -2.06. The van der Waals surface area contributed by atoms with Gasteiger partial charge in [-0.15, -0.1) is 0 Å². The van der Waals surface area contributed by atoms with Gasteiger partial charge >= 0.3 is 5.97 Å². The highest BCUT2D eigenvalue weighted by Crippen LogP contribution is 2.48. The normalized spacial score (nSPS) is 18.9. The molecule has 2 atom stereocenters. The Labute approximate surface area is 148 Å². The third-order valence-corrected chi connectivity index (χ3v) is 4.95. The molecule has 0 heterocycles. The van der Waals surface area contributed by atoms with E-state index in [-0.39, 0.29) is 18.2 Å². The molecule has 4 nitrogen and oxygen atoms in total. The summed E-state index contributed by atoms with van der Waals surface area (Å²) in [6.45, 7) is 0.687. The minimum atomic E-state index is -0.734. The molecular formula is C21H25NO3. The van der Waals surface area contributed by atoms with Crippen molar-refractivity contribution in [3.05, 3.63) is 48.0 Å². The summed E-state index contributed by atoms with van der Waals surface area (Å²) < 4.78 is 0. The lowest BCUT2D eigenvalue weighted by Crippen LogP contribution is -2.26. The Morgan fingerprint density at radius 3 is 2.56 bits per heavy atom. The molecule has 0 saturated heterocycles. The largest absolute Gasteiger partial charge is 0.481 e. The van der Waals surface area contributed by atoms with Gasteiger partial charge in [0.05, 0.1) is 0 Å². The number of aliphatic carboxylic acids is 1.